The molecule has 6 nitrogen and oxygen atoms in total. The Hall–Kier alpha value is -1.73. The molecule has 0 saturated heterocycles. The summed E-state index contributed by atoms with van der Waals surface area (Å²) in [5, 5.41) is -0.0852. The van der Waals surface area contributed by atoms with E-state index in [1.165, 1.54) is 0 Å². The highest BCUT2D eigenvalue weighted by Gasteiger charge is 2.21. The topological polar surface area (TPSA) is 79.0 Å². The highest BCUT2D eigenvalue weighted by Crippen LogP contribution is 2.19. The van der Waals surface area contributed by atoms with Gasteiger partial charge in [0.25, 0.3) is 0 Å². The molecule has 1 N–H and O–H groups in total. The fourth-order valence-corrected chi connectivity index (χ4v) is 2.88. The Bertz CT molecular complexity index is 710. The number of rotatable bonds is 3. The Labute approximate surface area is 117 Å². The second-order valence-electron chi connectivity index (χ2n) is 5.05. The van der Waals surface area contributed by atoms with Gasteiger partial charge in [-0.1, -0.05) is 0 Å². The largest absolute Gasteiger partial charge is 0.364 e. The summed E-state index contributed by atoms with van der Waals surface area (Å²) < 4.78 is 23.0. The zero-order valence-electron chi connectivity index (χ0n) is 11.2. The predicted molar refractivity (Wildman–Crippen MR) is 73.8 cm³/mol. The van der Waals surface area contributed by atoms with E-state index < -0.39 is 9.84 Å². The van der Waals surface area contributed by atoms with Gasteiger partial charge in [0.05, 0.1) is 5.69 Å². The molecule has 3 rings (SSSR count). The number of hydrogen-bond acceptors (Lipinski definition) is 5. The molecule has 0 amide bonds. The Morgan fingerprint density at radius 2 is 2.30 bits per heavy atom. The normalized spacial score (nSPS) is 16.1. The molecule has 7 heteroatoms. The number of aromatic nitrogens is 3. The SMILES string of the molecule is CS(=O)(=O)c1ncc2c(n1)CN(Cc1ccc[nH]1)CC2. The first-order valence-corrected chi connectivity index (χ1v) is 8.31. The Morgan fingerprint density at radius 1 is 1.45 bits per heavy atom. The van der Waals surface area contributed by atoms with Gasteiger partial charge in [-0.2, -0.15) is 0 Å². The molecule has 20 heavy (non-hydrogen) atoms. The molecule has 0 atom stereocenters. The van der Waals surface area contributed by atoms with Crippen molar-refractivity contribution in [1.29, 1.82) is 0 Å². The van der Waals surface area contributed by atoms with Crippen LogP contribution in [0.4, 0.5) is 0 Å². The number of sulfone groups is 1. The van der Waals surface area contributed by atoms with Crippen LogP contribution in [0.2, 0.25) is 0 Å². The summed E-state index contributed by atoms with van der Waals surface area (Å²) in [6, 6.07) is 4.01. The van der Waals surface area contributed by atoms with Gasteiger partial charge in [0.1, 0.15) is 0 Å². The van der Waals surface area contributed by atoms with E-state index in [0.717, 1.165) is 42.7 Å². The standard InChI is InChI=1S/C13H16N4O2S/c1-20(18,19)13-15-7-10-4-6-17(9-12(10)16-13)8-11-3-2-5-14-11/h2-3,5,7,14H,4,6,8-9H2,1H3. The molecule has 2 aromatic rings. The summed E-state index contributed by atoms with van der Waals surface area (Å²) in [6.07, 6.45) is 5.52. The molecule has 0 fully saturated rings. The molecule has 0 bridgehead atoms. The third kappa shape index (κ3) is 2.73. The van der Waals surface area contributed by atoms with Crippen molar-refractivity contribution >= 4 is 9.84 Å². The summed E-state index contributed by atoms with van der Waals surface area (Å²) in [7, 11) is -3.35. The molecule has 0 radical (unpaired) electrons. The fraction of sp³-hybridized carbons (Fsp3) is 0.385. The minimum absolute atomic E-state index is 0.0852. The molecule has 106 valence electrons. The van der Waals surface area contributed by atoms with Gasteiger partial charge >= 0.3 is 0 Å². The fourth-order valence-electron chi connectivity index (χ4n) is 2.36. The molecule has 0 aromatic carbocycles. The van der Waals surface area contributed by atoms with Gasteiger partial charge < -0.3 is 4.98 Å². The van der Waals surface area contributed by atoms with Gasteiger partial charge in [-0.3, -0.25) is 4.90 Å². The van der Waals surface area contributed by atoms with Crippen LogP contribution in [0.15, 0.2) is 29.7 Å². The minimum atomic E-state index is -3.35. The second kappa shape index (κ2) is 4.99. The van der Waals surface area contributed by atoms with Gasteiger partial charge in [-0.25, -0.2) is 18.4 Å². The Balaban J connectivity index is 1.82. The average molecular weight is 292 g/mol. The highest BCUT2D eigenvalue weighted by atomic mass is 32.2. The van der Waals surface area contributed by atoms with Crippen LogP contribution < -0.4 is 0 Å². The smallest absolute Gasteiger partial charge is 0.247 e. The summed E-state index contributed by atoms with van der Waals surface area (Å²) in [5.74, 6) is 0. The van der Waals surface area contributed by atoms with Crippen LogP contribution in [0, 0.1) is 0 Å². The van der Waals surface area contributed by atoms with Crippen molar-refractivity contribution in [1.82, 2.24) is 19.9 Å². The summed E-state index contributed by atoms with van der Waals surface area (Å²) in [4.78, 5) is 13.6. The first kappa shape index (κ1) is 13.3. The lowest BCUT2D eigenvalue weighted by Crippen LogP contribution is -2.31. The van der Waals surface area contributed by atoms with E-state index in [-0.39, 0.29) is 5.16 Å². The average Bonchev–Trinajstić information content (AvgIpc) is 2.90. The minimum Gasteiger partial charge on any atom is -0.364 e. The lowest BCUT2D eigenvalue weighted by atomic mass is 10.1. The van der Waals surface area contributed by atoms with Crippen LogP contribution in [0.3, 0.4) is 0 Å². The van der Waals surface area contributed by atoms with Crippen molar-refractivity contribution in [3.63, 3.8) is 0 Å². The van der Waals surface area contributed by atoms with E-state index in [9.17, 15) is 8.42 Å². The van der Waals surface area contributed by atoms with Gasteiger partial charge in [0, 0.05) is 44.0 Å². The zero-order chi connectivity index (χ0) is 14.2. The molecule has 0 saturated carbocycles. The predicted octanol–water partition coefficient (Wildman–Crippen LogP) is 0.766. The van der Waals surface area contributed by atoms with Crippen LogP contribution in [-0.4, -0.2) is 41.1 Å². The summed E-state index contributed by atoms with van der Waals surface area (Å²) >= 11 is 0. The van der Waals surface area contributed by atoms with E-state index in [4.69, 9.17) is 0 Å². The van der Waals surface area contributed by atoms with Crippen molar-refractivity contribution in [3.8, 4) is 0 Å². The number of nitrogens with zero attached hydrogens (tertiary/aromatic N) is 3. The van der Waals surface area contributed by atoms with Crippen molar-refractivity contribution in [2.75, 3.05) is 12.8 Å². The maximum absolute atomic E-state index is 11.5. The first-order chi connectivity index (χ1) is 9.52. The third-order valence-electron chi connectivity index (χ3n) is 3.39. The zero-order valence-corrected chi connectivity index (χ0v) is 12.0. The molecule has 1 aliphatic rings. The molecular formula is C13H16N4O2S. The molecule has 0 spiro atoms. The van der Waals surface area contributed by atoms with E-state index >= 15 is 0 Å². The molecule has 0 aliphatic carbocycles. The van der Waals surface area contributed by atoms with Crippen LogP contribution in [0.5, 0.6) is 0 Å². The Kier molecular flexibility index (Phi) is 3.31. The number of H-pyrrole nitrogens is 1. The van der Waals surface area contributed by atoms with Crippen LogP contribution >= 0.6 is 0 Å². The second-order valence-corrected chi connectivity index (χ2v) is 6.96. The highest BCUT2D eigenvalue weighted by molar-refractivity contribution is 7.90. The lowest BCUT2D eigenvalue weighted by Gasteiger charge is -2.27. The monoisotopic (exact) mass is 292 g/mol. The number of aromatic amines is 1. The van der Waals surface area contributed by atoms with Crippen molar-refractivity contribution in [2.45, 2.75) is 24.7 Å². The summed E-state index contributed by atoms with van der Waals surface area (Å²) in [6.45, 7) is 2.39. The molecule has 2 aromatic heterocycles. The number of hydrogen-bond donors (Lipinski definition) is 1. The first-order valence-electron chi connectivity index (χ1n) is 6.42. The van der Waals surface area contributed by atoms with Gasteiger partial charge in [-0.15, -0.1) is 0 Å². The molecule has 1 aliphatic heterocycles. The van der Waals surface area contributed by atoms with E-state index in [0.29, 0.717) is 6.54 Å². The Morgan fingerprint density at radius 3 is 3.00 bits per heavy atom. The molecular weight excluding hydrogens is 276 g/mol. The van der Waals surface area contributed by atoms with E-state index in [1.54, 1.807) is 6.20 Å². The maximum atomic E-state index is 11.5. The molecule has 0 unspecified atom stereocenters. The number of fused-ring (bicyclic) bond motifs is 1. The van der Waals surface area contributed by atoms with Gasteiger partial charge in [-0.05, 0) is 24.1 Å². The maximum Gasteiger partial charge on any atom is 0.247 e. The third-order valence-corrected chi connectivity index (χ3v) is 4.25. The molecule has 3 heterocycles. The van der Waals surface area contributed by atoms with Crippen molar-refractivity contribution in [3.05, 3.63) is 41.5 Å². The quantitative estimate of drug-likeness (QED) is 0.845. The van der Waals surface area contributed by atoms with Crippen molar-refractivity contribution in [2.24, 2.45) is 0 Å². The van der Waals surface area contributed by atoms with Crippen molar-refractivity contribution < 1.29 is 8.42 Å². The van der Waals surface area contributed by atoms with Crippen LogP contribution in [-0.2, 0) is 29.3 Å². The van der Waals surface area contributed by atoms with E-state index in [2.05, 4.69) is 19.9 Å². The van der Waals surface area contributed by atoms with Crippen LogP contribution in [0.25, 0.3) is 0 Å². The van der Waals surface area contributed by atoms with Gasteiger partial charge in [0.2, 0.25) is 15.0 Å². The lowest BCUT2D eigenvalue weighted by molar-refractivity contribution is 0.237. The number of nitrogens with one attached hydrogen (secondary N) is 1. The van der Waals surface area contributed by atoms with Gasteiger partial charge in [0.15, 0.2) is 0 Å². The van der Waals surface area contributed by atoms with Crippen LogP contribution in [0.1, 0.15) is 17.0 Å². The summed E-state index contributed by atoms with van der Waals surface area (Å²) in [5.41, 5.74) is 3.00. The van der Waals surface area contributed by atoms with E-state index in [1.807, 2.05) is 18.3 Å².